The number of rotatable bonds is 6. The molecule has 0 amide bonds. The van der Waals surface area contributed by atoms with Gasteiger partial charge in [0.2, 0.25) is 0 Å². The zero-order valence-electron chi connectivity index (χ0n) is 9.44. The lowest BCUT2D eigenvalue weighted by atomic mass is 10.1. The highest BCUT2D eigenvalue weighted by Crippen LogP contribution is 2.13. The van der Waals surface area contributed by atoms with Gasteiger partial charge >= 0.3 is 5.97 Å². The van der Waals surface area contributed by atoms with E-state index in [4.69, 9.17) is 15.2 Å². The fourth-order valence-corrected chi connectivity index (χ4v) is 1.30. The number of benzene rings is 1. The standard InChI is InChI=1S/C12H17NO3/c1-2-15-12(14)9-16-11-5-3-4-10(8-11)6-7-13/h3-5,8H,2,6-7,9,13H2,1H3. The molecule has 4 heteroatoms. The molecule has 0 aliphatic heterocycles. The van der Waals surface area contributed by atoms with Crippen molar-refractivity contribution < 1.29 is 14.3 Å². The van der Waals surface area contributed by atoms with Crippen LogP contribution < -0.4 is 10.5 Å². The lowest BCUT2D eigenvalue weighted by molar-refractivity contribution is -0.145. The second kappa shape index (κ2) is 6.85. The Balaban J connectivity index is 2.47. The summed E-state index contributed by atoms with van der Waals surface area (Å²) in [7, 11) is 0. The maximum absolute atomic E-state index is 11.1. The van der Waals surface area contributed by atoms with Gasteiger partial charge in [-0.2, -0.15) is 0 Å². The minimum absolute atomic E-state index is 0.0556. The van der Waals surface area contributed by atoms with E-state index in [0.29, 0.717) is 18.9 Å². The van der Waals surface area contributed by atoms with Gasteiger partial charge in [0.25, 0.3) is 0 Å². The number of carbonyl (C=O) groups excluding carboxylic acids is 1. The van der Waals surface area contributed by atoms with Crippen LogP contribution in [0.15, 0.2) is 24.3 Å². The SMILES string of the molecule is CCOC(=O)COc1cccc(CCN)c1. The van der Waals surface area contributed by atoms with Crippen molar-refractivity contribution in [3.05, 3.63) is 29.8 Å². The number of carbonyl (C=O) groups is 1. The molecular formula is C12H17NO3. The van der Waals surface area contributed by atoms with Crippen LogP contribution in [0.2, 0.25) is 0 Å². The van der Waals surface area contributed by atoms with E-state index in [0.717, 1.165) is 12.0 Å². The van der Waals surface area contributed by atoms with Gasteiger partial charge in [0.15, 0.2) is 6.61 Å². The van der Waals surface area contributed by atoms with Crippen LogP contribution in [0.1, 0.15) is 12.5 Å². The molecule has 0 spiro atoms. The molecule has 0 aliphatic carbocycles. The van der Waals surface area contributed by atoms with Gasteiger partial charge in [-0.1, -0.05) is 12.1 Å². The zero-order valence-corrected chi connectivity index (χ0v) is 9.44. The van der Waals surface area contributed by atoms with E-state index in [1.807, 2.05) is 18.2 Å². The average molecular weight is 223 g/mol. The molecule has 1 rings (SSSR count). The number of nitrogens with two attached hydrogens (primary N) is 1. The molecule has 16 heavy (non-hydrogen) atoms. The monoisotopic (exact) mass is 223 g/mol. The van der Waals surface area contributed by atoms with E-state index >= 15 is 0 Å². The first-order valence-corrected chi connectivity index (χ1v) is 5.33. The third kappa shape index (κ3) is 4.31. The smallest absolute Gasteiger partial charge is 0.344 e. The highest BCUT2D eigenvalue weighted by molar-refractivity contribution is 5.71. The van der Waals surface area contributed by atoms with Crippen LogP contribution in [0, 0.1) is 0 Å². The van der Waals surface area contributed by atoms with Crippen LogP contribution in [0.25, 0.3) is 0 Å². The molecule has 0 fully saturated rings. The predicted molar refractivity (Wildman–Crippen MR) is 61.3 cm³/mol. The van der Waals surface area contributed by atoms with Crippen molar-refractivity contribution in [2.24, 2.45) is 5.73 Å². The molecule has 88 valence electrons. The maximum atomic E-state index is 11.1. The molecule has 0 radical (unpaired) electrons. The number of ether oxygens (including phenoxy) is 2. The minimum Gasteiger partial charge on any atom is -0.482 e. The fraction of sp³-hybridized carbons (Fsp3) is 0.417. The molecule has 0 heterocycles. The summed E-state index contributed by atoms with van der Waals surface area (Å²) >= 11 is 0. The lowest BCUT2D eigenvalue weighted by Crippen LogP contribution is -2.14. The van der Waals surface area contributed by atoms with Crippen molar-refractivity contribution in [2.75, 3.05) is 19.8 Å². The maximum Gasteiger partial charge on any atom is 0.344 e. The van der Waals surface area contributed by atoms with E-state index in [9.17, 15) is 4.79 Å². The van der Waals surface area contributed by atoms with Gasteiger partial charge in [0, 0.05) is 0 Å². The van der Waals surface area contributed by atoms with Crippen LogP contribution >= 0.6 is 0 Å². The zero-order chi connectivity index (χ0) is 11.8. The third-order valence-corrected chi connectivity index (χ3v) is 1.99. The van der Waals surface area contributed by atoms with Crippen molar-refractivity contribution in [3.8, 4) is 5.75 Å². The van der Waals surface area contributed by atoms with Crippen LogP contribution in [0.5, 0.6) is 5.75 Å². The van der Waals surface area contributed by atoms with E-state index in [-0.39, 0.29) is 12.6 Å². The van der Waals surface area contributed by atoms with Crippen molar-refractivity contribution in [3.63, 3.8) is 0 Å². The van der Waals surface area contributed by atoms with Crippen molar-refractivity contribution in [2.45, 2.75) is 13.3 Å². The summed E-state index contributed by atoms with van der Waals surface area (Å²) in [6.45, 7) is 2.68. The largest absolute Gasteiger partial charge is 0.482 e. The molecule has 0 saturated carbocycles. The molecule has 2 N–H and O–H groups in total. The van der Waals surface area contributed by atoms with Gasteiger partial charge < -0.3 is 15.2 Å². The quantitative estimate of drug-likeness (QED) is 0.734. The Kier molecular flexibility index (Phi) is 5.36. The summed E-state index contributed by atoms with van der Waals surface area (Å²) in [6.07, 6.45) is 0.802. The summed E-state index contributed by atoms with van der Waals surface area (Å²) in [5.41, 5.74) is 6.56. The molecule has 0 aromatic heterocycles. The molecular weight excluding hydrogens is 206 g/mol. The van der Waals surface area contributed by atoms with E-state index in [1.165, 1.54) is 0 Å². The van der Waals surface area contributed by atoms with Crippen molar-refractivity contribution in [1.82, 2.24) is 0 Å². The molecule has 0 aliphatic rings. The van der Waals surface area contributed by atoms with E-state index in [2.05, 4.69) is 0 Å². The normalized spacial score (nSPS) is 9.88. The minimum atomic E-state index is -0.355. The van der Waals surface area contributed by atoms with Crippen LogP contribution in [-0.4, -0.2) is 25.7 Å². The van der Waals surface area contributed by atoms with Crippen LogP contribution in [-0.2, 0) is 16.0 Å². The van der Waals surface area contributed by atoms with Crippen LogP contribution in [0.3, 0.4) is 0 Å². The van der Waals surface area contributed by atoms with E-state index < -0.39 is 0 Å². The Bertz CT molecular complexity index is 339. The van der Waals surface area contributed by atoms with Gasteiger partial charge in [-0.3, -0.25) is 0 Å². The van der Waals surface area contributed by atoms with Gasteiger partial charge in [0.05, 0.1) is 6.61 Å². The van der Waals surface area contributed by atoms with E-state index in [1.54, 1.807) is 13.0 Å². The average Bonchev–Trinajstić information content (AvgIpc) is 2.28. The molecule has 1 aromatic carbocycles. The van der Waals surface area contributed by atoms with Gasteiger partial charge in [-0.25, -0.2) is 4.79 Å². The Morgan fingerprint density at radius 1 is 1.44 bits per heavy atom. The predicted octanol–water partition coefficient (Wildman–Crippen LogP) is 1.13. The number of hydrogen-bond acceptors (Lipinski definition) is 4. The van der Waals surface area contributed by atoms with Crippen molar-refractivity contribution >= 4 is 5.97 Å². The molecule has 1 aromatic rings. The van der Waals surface area contributed by atoms with Crippen molar-refractivity contribution in [1.29, 1.82) is 0 Å². The molecule has 0 unspecified atom stereocenters. The highest BCUT2D eigenvalue weighted by atomic mass is 16.6. The molecule has 0 atom stereocenters. The Morgan fingerprint density at radius 3 is 2.94 bits per heavy atom. The Labute approximate surface area is 95.3 Å². The molecule has 4 nitrogen and oxygen atoms in total. The van der Waals surface area contributed by atoms with Crippen LogP contribution in [0.4, 0.5) is 0 Å². The fourth-order valence-electron chi connectivity index (χ4n) is 1.30. The summed E-state index contributed by atoms with van der Waals surface area (Å²) in [6, 6.07) is 7.54. The number of hydrogen-bond donors (Lipinski definition) is 1. The summed E-state index contributed by atoms with van der Waals surface area (Å²) in [4.78, 5) is 11.1. The van der Waals surface area contributed by atoms with Gasteiger partial charge in [-0.05, 0) is 37.6 Å². The first-order valence-electron chi connectivity index (χ1n) is 5.33. The first kappa shape index (κ1) is 12.5. The third-order valence-electron chi connectivity index (χ3n) is 1.99. The Morgan fingerprint density at radius 2 is 2.25 bits per heavy atom. The summed E-state index contributed by atoms with van der Waals surface area (Å²) < 4.78 is 10.0. The molecule has 0 saturated heterocycles. The Hall–Kier alpha value is -1.55. The second-order valence-electron chi connectivity index (χ2n) is 3.28. The van der Waals surface area contributed by atoms with Gasteiger partial charge in [-0.15, -0.1) is 0 Å². The summed E-state index contributed by atoms with van der Waals surface area (Å²) in [5.74, 6) is 0.311. The number of esters is 1. The summed E-state index contributed by atoms with van der Waals surface area (Å²) in [5, 5.41) is 0. The second-order valence-corrected chi connectivity index (χ2v) is 3.28. The first-order chi connectivity index (χ1) is 7.76. The highest BCUT2D eigenvalue weighted by Gasteiger charge is 2.03. The van der Waals surface area contributed by atoms with Gasteiger partial charge in [0.1, 0.15) is 5.75 Å². The lowest BCUT2D eigenvalue weighted by Gasteiger charge is -2.07. The molecule has 0 bridgehead atoms. The topological polar surface area (TPSA) is 61.5 Å².